The number of hydrogen-bond donors (Lipinski definition) is 2. The molecule has 1 amide bonds. The van der Waals surface area contributed by atoms with Gasteiger partial charge in [0.05, 0.1) is 20.3 Å². The lowest BCUT2D eigenvalue weighted by Gasteiger charge is -2.24. The van der Waals surface area contributed by atoms with E-state index in [2.05, 4.69) is 5.32 Å². The highest BCUT2D eigenvalue weighted by molar-refractivity contribution is 5.85. The number of esters is 1. The lowest BCUT2D eigenvalue weighted by molar-refractivity contribution is -0.137. The molecule has 0 spiro atoms. The Morgan fingerprint density at radius 2 is 1.72 bits per heavy atom. The van der Waals surface area contributed by atoms with E-state index in [1.807, 2.05) is 38.1 Å². The van der Waals surface area contributed by atoms with Crippen molar-refractivity contribution in [3.05, 3.63) is 77.9 Å². The number of aliphatic hydroxyl groups is 1. The number of nitrogens with one attached hydrogen (secondary N) is 1. The molecule has 0 saturated heterocycles. The molecular weight excluding hydrogens is 462 g/mol. The van der Waals surface area contributed by atoms with Crippen molar-refractivity contribution in [2.24, 2.45) is 5.92 Å². The Hall–Kier alpha value is -3.78. The molecule has 0 bridgehead atoms. The Labute approximate surface area is 212 Å². The zero-order valence-electron chi connectivity index (χ0n) is 21.2. The first-order valence-electron chi connectivity index (χ1n) is 11.8. The molecule has 2 aromatic carbocycles. The smallest absolute Gasteiger partial charge is 0.412 e. The van der Waals surface area contributed by atoms with Crippen LogP contribution in [0.15, 0.2) is 72.3 Å². The highest BCUT2D eigenvalue weighted by atomic mass is 16.6. The van der Waals surface area contributed by atoms with Gasteiger partial charge in [-0.05, 0) is 67.8 Å². The van der Waals surface area contributed by atoms with Crippen LogP contribution in [0.25, 0.3) is 0 Å². The van der Waals surface area contributed by atoms with E-state index in [0.29, 0.717) is 30.2 Å². The molecule has 0 unspecified atom stereocenters. The van der Waals surface area contributed by atoms with Gasteiger partial charge in [0.25, 0.3) is 0 Å². The highest BCUT2D eigenvalue weighted by Gasteiger charge is 2.23. The molecule has 0 aliphatic carbocycles. The molecule has 2 N–H and O–H groups in total. The number of aliphatic hydroxyl groups excluding tert-OH is 1. The fraction of sp³-hybridized carbons (Fsp3) is 0.357. The van der Waals surface area contributed by atoms with Crippen LogP contribution in [0.5, 0.6) is 11.5 Å². The third kappa shape index (κ3) is 9.84. The third-order valence-corrected chi connectivity index (χ3v) is 5.18. The second kappa shape index (κ2) is 15.3. The maximum atomic E-state index is 12.7. The predicted molar refractivity (Wildman–Crippen MR) is 138 cm³/mol. The molecule has 36 heavy (non-hydrogen) atoms. The Balaban J connectivity index is 2.14. The molecule has 2 rings (SSSR count). The van der Waals surface area contributed by atoms with Crippen molar-refractivity contribution in [3.8, 4) is 11.5 Å². The summed E-state index contributed by atoms with van der Waals surface area (Å²) >= 11 is 0. The summed E-state index contributed by atoms with van der Waals surface area (Å²) in [6.45, 7) is 6.01. The van der Waals surface area contributed by atoms with Crippen LogP contribution in [0, 0.1) is 5.92 Å². The summed E-state index contributed by atoms with van der Waals surface area (Å²) in [6, 6.07) is 14.2. The molecule has 0 heterocycles. The van der Waals surface area contributed by atoms with Crippen molar-refractivity contribution in [1.82, 2.24) is 0 Å². The first-order valence-corrected chi connectivity index (χ1v) is 11.8. The minimum atomic E-state index is -0.583. The van der Waals surface area contributed by atoms with Gasteiger partial charge in [0, 0.05) is 17.7 Å². The van der Waals surface area contributed by atoms with Gasteiger partial charge in [-0.1, -0.05) is 31.2 Å². The van der Waals surface area contributed by atoms with E-state index in [-0.39, 0.29) is 25.1 Å². The van der Waals surface area contributed by atoms with Gasteiger partial charge in [-0.3, -0.25) is 5.32 Å². The number of carbonyl (C=O) groups excluding carboxylic acids is 2. The standard InChI is InChI=1S/C28H35NO7/c1-5-34-26(31)19-20(2)7-6-8-21(3)27(22-9-13-25(14-10-22)35-18-17-30)36-28(32)29-23-11-15-24(33-4)16-12-23/h6-7,9-16,19,21,27,30H,5,8,17-18H2,1-4H3,(H,29,32)/b7-6+,20-19+/t21-,27+/m0/s1. The summed E-state index contributed by atoms with van der Waals surface area (Å²) in [4.78, 5) is 24.3. The molecular formula is C28H35NO7. The Morgan fingerprint density at radius 3 is 2.33 bits per heavy atom. The fourth-order valence-corrected chi connectivity index (χ4v) is 3.38. The minimum absolute atomic E-state index is 0.0770. The molecule has 8 nitrogen and oxygen atoms in total. The molecule has 0 radical (unpaired) electrons. The number of hydrogen-bond acceptors (Lipinski definition) is 7. The molecule has 0 saturated carbocycles. The van der Waals surface area contributed by atoms with Crippen LogP contribution in [0.1, 0.15) is 38.9 Å². The lowest BCUT2D eigenvalue weighted by Crippen LogP contribution is -2.21. The van der Waals surface area contributed by atoms with Crippen molar-refractivity contribution in [2.75, 3.05) is 32.2 Å². The quantitative estimate of drug-likeness (QED) is 0.215. The van der Waals surface area contributed by atoms with Gasteiger partial charge in [0.1, 0.15) is 24.2 Å². The number of allylic oxidation sites excluding steroid dienone is 3. The summed E-state index contributed by atoms with van der Waals surface area (Å²) < 4.78 is 21.4. The van der Waals surface area contributed by atoms with Crippen LogP contribution >= 0.6 is 0 Å². The number of amides is 1. The van der Waals surface area contributed by atoms with Gasteiger partial charge in [0.2, 0.25) is 0 Å². The van der Waals surface area contributed by atoms with E-state index in [0.717, 1.165) is 11.1 Å². The maximum Gasteiger partial charge on any atom is 0.412 e. The zero-order chi connectivity index (χ0) is 26.3. The summed E-state index contributed by atoms with van der Waals surface area (Å²) in [6.07, 6.45) is 4.68. The zero-order valence-corrected chi connectivity index (χ0v) is 21.2. The number of rotatable bonds is 13. The minimum Gasteiger partial charge on any atom is -0.497 e. The average molecular weight is 498 g/mol. The molecule has 0 aliphatic heterocycles. The van der Waals surface area contributed by atoms with Gasteiger partial charge in [-0.25, -0.2) is 9.59 Å². The molecule has 0 fully saturated rings. The fourth-order valence-electron chi connectivity index (χ4n) is 3.38. The van der Waals surface area contributed by atoms with Crippen molar-refractivity contribution in [1.29, 1.82) is 0 Å². The predicted octanol–water partition coefficient (Wildman–Crippen LogP) is 5.45. The van der Waals surface area contributed by atoms with E-state index in [4.69, 9.17) is 24.1 Å². The highest BCUT2D eigenvalue weighted by Crippen LogP contribution is 2.31. The van der Waals surface area contributed by atoms with Crippen LogP contribution < -0.4 is 14.8 Å². The van der Waals surface area contributed by atoms with Crippen molar-refractivity contribution in [2.45, 2.75) is 33.3 Å². The second-order valence-corrected chi connectivity index (χ2v) is 8.08. The van der Waals surface area contributed by atoms with Crippen molar-refractivity contribution < 1.29 is 33.6 Å². The van der Waals surface area contributed by atoms with E-state index in [9.17, 15) is 9.59 Å². The summed E-state index contributed by atoms with van der Waals surface area (Å²) in [5, 5.41) is 11.7. The van der Waals surface area contributed by atoms with Gasteiger partial charge in [-0.15, -0.1) is 0 Å². The van der Waals surface area contributed by atoms with Gasteiger partial charge >= 0.3 is 12.1 Å². The number of benzene rings is 2. The Bertz CT molecular complexity index is 1010. The first-order chi connectivity index (χ1) is 17.4. The van der Waals surface area contributed by atoms with Crippen LogP contribution in [-0.2, 0) is 14.3 Å². The third-order valence-electron chi connectivity index (χ3n) is 5.18. The first kappa shape index (κ1) is 28.5. The normalized spacial score (nSPS) is 13.1. The summed E-state index contributed by atoms with van der Waals surface area (Å²) in [5.74, 6) is 0.833. The number of methoxy groups -OCH3 is 1. The molecule has 194 valence electrons. The topological polar surface area (TPSA) is 103 Å². The van der Waals surface area contributed by atoms with Crippen LogP contribution in [-0.4, -0.2) is 44.1 Å². The molecule has 2 aromatic rings. The Kier molecular flexibility index (Phi) is 12.1. The second-order valence-electron chi connectivity index (χ2n) is 8.08. The number of ether oxygens (including phenoxy) is 4. The van der Waals surface area contributed by atoms with E-state index in [1.165, 1.54) is 6.08 Å². The number of carbonyl (C=O) groups is 2. The average Bonchev–Trinajstić information content (AvgIpc) is 2.87. The SMILES string of the molecule is CCOC(=O)/C=C(C)/C=C/C[C@H](C)[C@@H](OC(=O)Nc1ccc(OC)cc1)c1ccc(OCCO)cc1. The summed E-state index contributed by atoms with van der Waals surface area (Å²) in [7, 11) is 1.57. The van der Waals surface area contributed by atoms with Crippen molar-refractivity contribution >= 4 is 17.7 Å². The van der Waals surface area contributed by atoms with E-state index >= 15 is 0 Å². The number of anilines is 1. The summed E-state index contributed by atoms with van der Waals surface area (Å²) in [5.41, 5.74) is 2.15. The van der Waals surface area contributed by atoms with Crippen LogP contribution in [0.4, 0.5) is 10.5 Å². The Morgan fingerprint density at radius 1 is 1.06 bits per heavy atom. The van der Waals surface area contributed by atoms with Crippen molar-refractivity contribution in [3.63, 3.8) is 0 Å². The molecule has 2 atom stereocenters. The van der Waals surface area contributed by atoms with Gasteiger partial charge in [-0.2, -0.15) is 0 Å². The van der Waals surface area contributed by atoms with Crippen LogP contribution in [0.2, 0.25) is 0 Å². The van der Waals surface area contributed by atoms with E-state index in [1.54, 1.807) is 50.4 Å². The van der Waals surface area contributed by atoms with Gasteiger partial charge in [0.15, 0.2) is 0 Å². The monoisotopic (exact) mass is 497 g/mol. The maximum absolute atomic E-state index is 12.7. The lowest BCUT2D eigenvalue weighted by atomic mass is 9.94. The largest absolute Gasteiger partial charge is 0.497 e. The molecule has 0 aliphatic rings. The van der Waals surface area contributed by atoms with E-state index < -0.39 is 12.2 Å². The molecule has 0 aromatic heterocycles. The van der Waals surface area contributed by atoms with Gasteiger partial charge < -0.3 is 24.1 Å². The van der Waals surface area contributed by atoms with Crippen LogP contribution in [0.3, 0.4) is 0 Å². The molecule has 8 heteroatoms.